The number of nitrogens with zero attached hydrogens (tertiary/aromatic N) is 3. The number of hydrogen-bond donors (Lipinski definition) is 1. The number of benzene rings is 1. The van der Waals surface area contributed by atoms with E-state index in [1.54, 1.807) is 12.1 Å². The first kappa shape index (κ1) is 14.6. The number of carboxylic acids is 1. The van der Waals surface area contributed by atoms with Gasteiger partial charge in [-0.2, -0.15) is 0 Å². The molecule has 21 heavy (non-hydrogen) atoms. The summed E-state index contributed by atoms with van der Waals surface area (Å²) in [5.74, 6) is 0.392. The Morgan fingerprint density at radius 2 is 1.90 bits per heavy atom. The quantitative estimate of drug-likeness (QED) is 0.850. The molecule has 1 aromatic carbocycles. The molecule has 0 unspecified atom stereocenters. The minimum atomic E-state index is -1.12. The Hall–Kier alpha value is -2.77. The van der Waals surface area contributed by atoms with Gasteiger partial charge in [-0.1, -0.05) is 5.21 Å². The maximum Gasteiger partial charge on any atom is 0.358 e. The van der Waals surface area contributed by atoms with Crippen molar-refractivity contribution < 1.29 is 24.1 Å². The van der Waals surface area contributed by atoms with Crippen molar-refractivity contribution in [2.24, 2.45) is 0 Å². The van der Waals surface area contributed by atoms with Crippen LogP contribution >= 0.6 is 0 Å². The molecule has 0 saturated heterocycles. The third-order valence-corrected chi connectivity index (χ3v) is 2.88. The lowest BCUT2D eigenvalue weighted by molar-refractivity contribution is 0.0690. The van der Waals surface area contributed by atoms with E-state index in [9.17, 15) is 4.79 Å². The molecule has 1 heterocycles. The van der Waals surface area contributed by atoms with Crippen LogP contribution in [-0.4, -0.2) is 47.4 Å². The molecular formula is C13H15N3O5. The Labute approximate surface area is 120 Å². The number of hydrogen-bond acceptors (Lipinski definition) is 6. The molecule has 1 N–H and O–H groups in total. The summed E-state index contributed by atoms with van der Waals surface area (Å²) < 4.78 is 17.3. The van der Waals surface area contributed by atoms with E-state index in [2.05, 4.69) is 10.3 Å². The van der Waals surface area contributed by atoms with Crippen LogP contribution in [0, 0.1) is 0 Å². The summed E-state index contributed by atoms with van der Waals surface area (Å²) in [6, 6.07) is 3.54. The molecule has 2 rings (SSSR count). The first-order chi connectivity index (χ1) is 10.1. The molecule has 1 aromatic heterocycles. The van der Waals surface area contributed by atoms with Gasteiger partial charge in [0.2, 0.25) is 5.75 Å². The molecule has 0 aliphatic carbocycles. The van der Waals surface area contributed by atoms with E-state index in [0.29, 0.717) is 23.8 Å². The number of aromatic carboxylic acids is 1. The van der Waals surface area contributed by atoms with Crippen molar-refractivity contribution in [2.45, 2.75) is 6.54 Å². The molecule has 0 radical (unpaired) electrons. The summed E-state index contributed by atoms with van der Waals surface area (Å²) in [7, 11) is 4.57. The zero-order chi connectivity index (χ0) is 15.4. The van der Waals surface area contributed by atoms with Gasteiger partial charge in [-0.05, 0) is 12.1 Å². The molecule has 8 heteroatoms. The second kappa shape index (κ2) is 6.12. The Kier molecular flexibility index (Phi) is 4.27. The van der Waals surface area contributed by atoms with Crippen LogP contribution in [0.2, 0.25) is 0 Å². The monoisotopic (exact) mass is 293 g/mol. The Morgan fingerprint density at radius 1 is 1.19 bits per heavy atom. The van der Waals surface area contributed by atoms with Gasteiger partial charge >= 0.3 is 5.97 Å². The summed E-state index contributed by atoms with van der Waals surface area (Å²) in [6.07, 6.45) is 1.35. The van der Waals surface area contributed by atoms with Crippen LogP contribution < -0.4 is 14.2 Å². The topological polar surface area (TPSA) is 95.7 Å². The predicted molar refractivity (Wildman–Crippen MR) is 72.2 cm³/mol. The minimum absolute atomic E-state index is 0.116. The Bertz CT molecular complexity index is 653. The predicted octanol–water partition coefficient (Wildman–Crippen LogP) is 1.05. The van der Waals surface area contributed by atoms with Crippen molar-refractivity contribution in [2.75, 3.05) is 21.3 Å². The molecule has 112 valence electrons. The zero-order valence-corrected chi connectivity index (χ0v) is 11.9. The molecular weight excluding hydrogens is 278 g/mol. The minimum Gasteiger partial charge on any atom is -0.493 e. The van der Waals surface area contributed by atoms with Crippen LogP contribution in [0.1, 0.15) is 16.1 Å². The van der Waals surface area contributed by atoms with E-state index in [0.717, 1.165) is 5.56 Å². The van der Waals surface area contributed by atoms with E-state index in [4.69, 9.17) is 19.3 Å². The lowest BCUT2D eigenvalue weighted by atomic mass is 10.1. The van der Waals surface area contributed by atoms with Crippen LogP contribution in [0.5, 0.6) is 17.2 Å². The average molecular weight is 293 g/mol. The van der Waals surface area contributed by atoms with E-state index in [1.807, 2.05) is 0 Å². The SMILES string of the molecule is COc1ccc(Cn2cc(C(=O)O)nn2)c(OC)c1OC. The first-order valence-electron chi connectivity index (χ1n) is 6.02. The number of methoxy groups -OCH3 is 3. The summed E-state index contributed by atoms with van der Waals surface area (Å²) in [4.78, 5) is 10.8. The smallest absolute Gasteiger partial charge is 0.358 e. The van der Waals surface area contributed by atoms with Crippen LogP contribution in [-0.2, 0) is 6.54 Å². The van der Waals surface area contributed by atoms with E-state index in [1.165, 1.54) is 32.2 Å². The van der Waals surface area contributed by atoms with Gasteiger partial charge in [0, 0.05) is 5.56 Å². The van der Waals surface area contributed by atoms with Gasteiger partial charge in [0.25, 0.3) is 0 Å². The van der Waals surface area contributed by atoms with Crippen molar-refractivity contribution in [3.05, 3.63) is 29.6 Å². The van der Waals surface area contributed by atoms with E-state index < -0.39 is 5.97 Å². The highest BCUT2D eigenvalue weighted by Gasteiger charge is 2.17. The largest absolute Gasteiger partial charge is 0.493 e. The van der Waals surface area contributed by atoms with Gasteiger partial charge in [-0.15, -0.1) is 5.10 Å². The summed E-state index contributed by atoms with van der Waals surface area (Å²) in [5, 5.41) is 16.2. The molecule has 2 aromatic rings. The summed E-state index contributed by atoms with van der Waals surface area (Å²) in [5.41, 5.74) is 0.645. The van der Waals surface area contributed by atoms with Crippen LogP contribution in [0.25, 0.3) is 0 Å². The molecule has 0 atom stereocenters. The fraction of sp³-hybridized carbons (Fsp3) is 0.308. The second-order valence-corrected chi connectivity index (χ2v) is 4.10. The van der Waals surface area contributed by atoms with Gasteiger partial charge in [-0.3, -0.25) is 0 Å². The Balaban J connectivity index is 2.36. The average Bonchev–Trinajstić information content (AvgIpc) is 2.95. The van der Waals surface area contributed by atoms with E-state index in [-0.39, 0.29) is 5.69 Å². The molecule has 8 nitrogen and oxygen atoms in total. The molecule has 0 fully saturated rings. The number of carboxylic acid groups (broad SMARTS) is 1. The number of aromatic nitrogens is 3. The van der Waals surface area contributed by atoms with Gasteiger partial charge < -0.3 is 19.3 Å². The summed E-state index contributed by atoms with van der Waals surface area (Å²) >= 11 is 0. The maximum atomic E-state index is 10.8. The van der Waals surface area contributed by atoms with Gasteiger partial charge in [0.05, 0.1) is 34.1 Å². The van der Waals surface area contributed by atoms with Crippen LogP contribution in [0.3, 0.4) is 0 Å². The number of ether oxygens (including phenoxy) is 3. The maximum absolute atomic E-state index is 10.8. The summed E-state index contributed by atoms with van der Waals surface area (Å²) in [6.45, 7) is 0.295. The third kappa shape index (κ3) is 2.88. The lowest BCUT2D eigenvalue weighted by Gasteiger charge is -2.15. The van der Waals surface area contributed by atoms with Crippen LogP contribution in [0.15, 0.2) is 18.3 Å². The van der Waals surface area contributed by atoms with Crippen molar-refractivity contribution in [3.8, 4) is 17.2 Å². The highest BCUT2D eigenvalue weighted by atomic mass is 16.5. The number of carbonyl (C=O) groups is 1. The molecule has 0 amide bonds. The normalized spacial score (nSPS) is 10.2. The molecule has 0 aliphatic heterocycles. The highest BCUT2D eigenvalue weighted by Crippen LogP contribution is 2.39. The zero-order valence-electron chi connectivity index (χ0n) is 11.9. The number of rotatable bonds is 6. The fourth-order valence-electron chi connectivity index (χ4n) is 1.94. The molecule has 0 bridgehead atoms. The highest BCUT2D eigenvalue weighted by molar-refractivity contribution is 5.84. The van der Waals surface area contributed by atoms with Crippen molar-refractivity contribution in [1.82, 2.24) is 15.0 Å². The van der Waals surface area contributed by atoms with Crippen LogP contribution in [0.4, 0.5) is 0 Å². The standard InChI is InChI=1S/C13H15N3O5/c1-19-10-5-4-8(11(20-2)12(10)21-3)6-16-7-9(13(17)18)14-15-16/h4-5,7H,6H2,1-3H3,(H,17,18). The fourth-order valence-corrected chi connectivity index (χ4v) is 1.94. The van der Waals surface area contributed by atoms with Gasteiger partial charge in [0.1, 0.15) is 0 Å². The van der Waals surface area contributed by atoms with E-state index >= 15 is 0 Å². The first-order valence-corrected chi connectivity index (χ1v) is 6.02. The third-order valence-electron chi connectivity index (χ3n) is 2.88. The van der Waals surface area contributed by atoms with Crippen molar-refractivity contribution in [3.63, 3.8) is 0 Å². The van der Waals surface area contributed by atoms with Gasteiger partial charge in [-0.25, -0.2) is 9.48 Å². The van der Waals surface area contributed by atoms with Crippen molar-refractivity contribution >= 4 is 5.97 Å². The molecule has 0 aliphatic rings. The Morgan fingerprint density at radius 3 is 2.43 bits per heavy atom. The molecule has 0 saturated carbocycles. The van der Waals surface area contributed by atoms with Gasteiger partial charge in [0.15, 0.2) is 17.2 Å². The van der Waals surface area contributed by atoms with Crippen molar-refractivity contribution in [1.29, 1.82) is 0 Å². The second-order valence-electron chi connectivity index (χ2n) is 4.10. The lowest BCUT2D eigenvalue weighted by Crippen LogP contribution is -2.05. The molecule has 0 spiro atoms.